The summed E-state index contributed by atoms with van der Waals surface area (Å²) in [5.41, 5.74) is 2.39. The summed E-state index contributed by atoms with van der Waals surface area (Å²) < 4.78 is 1.11. The van der Waals surface area contributed by atoms with Gasteiger partial charge < -0.3 is 5.32 Å². The molecule has 1 aromatic heterocycles. The van der Waals surface area contributed by atoms with Crippen LogP contribution in [0.4, 0.5) is 5.69 Å². The Balaban J connectivity index is 2.17. The van der Waals surface area contributed by atoms with Crippen molar-refractivity contribution in [1.29, 1.82) is 0 Å². The first-order valence-electron chi connectivity index (χ1n) is 5.14. The van der Waals surface area contributed by atoms with Gasteiger partial charge in [0.05, 0.1) is 11.9 Å². The molecule has 4 heteroatoms. The zero-order valence-corrected chi connectivity index (χ0v) is 11.4. The summed E-state index contributed by atoms with van der Waals surface area (Å²) in [6, 6.07) is 9.30. The van der Waals surface area contributed by atoms with E-state index >= 15 is 0 Å². The highest BCUT2D eigenvalue weighted by molar-refractivity contribution is 14.1. The van der Waals surface area contributed by atoms with Crippen molar-refractivity contribution < 1.29 is 4.79 Å². The first-order chi connectivity index (χ1) is 8.16. The molecule has 0 aliphatic heterocycles. The van der Waals surface area contributed by atoms with Gasteiger partial charge in [-0.15, -0.1) is 0 Å². The normalized spacial score (nSPS) is 10.0. The number of aryl methyl sites for hydroxylation is 1. The number of rotatable bonds is 2. The maximum absolute atomic E-state index is 11.9. The molecule has 1 amide bonds. The standard InChI is InChI=1S/C13H11IN2O/c1-9-6-7-15-8-12(9)16-13(17)10-2-4-11(14)5-3-10/h2-8H,1H3,(H,16,17). The number of hydrogen-bond donors (Lipinski definition) is 1. The number of hydrogen-bond acceptors (Lipinski definition) is 2. The van der Waals surface area contributed by atoms with E-state index in [1.54, 1.807) is 12.4 Å². The van der Waals surface area contributed by atoms with Gasteiger partial charge >= 0.3 is 0 Å². The van der Waals surface area contributed by atoms with Crippen LogP contribution in [0.25, 0.3) is 0 Å². The second-order valence-electron chi connectivity index (χ2n) is 3.65. The zero-order valence-electron chi connectivity index (χ0n) is 9.27. The summed E-state index contributed by atoms with van der Waals surface area (Å²) in [5.74, 6) is -0.113. The third-order valence-corrected chi connectivity index (χ3v) is 3.11. The molecule has 2 aromatic rings. The highest BCUT2D eigenvalue weighted by Gasteiger charge is 2.07. The van der Waals surface area contributed by atoms with E-state index in [0.29, 0.717) is 5.56 Å². The minimum absolute atomic E-state index is 0.113. The molecule has 1 heterocycles. The predicted molar refractivity (Wildman–Crippen MR) is 76.1 cm³/mol. The van der Waals surface area contributed by atoms with Gasteiger partial charge in [-0.3, -0.25) is 9.78 Å². The molecule has 3 nitrogen and oxygen atoms in total. The molecule has 0 aliphatic carbocycles. The van der Waals surface area contributed by atoms with E-state index < -0.39 is 0 Å². The Morgan fingerprint density at radius 2 is 1.94 bits per heavy atom. The topological polar surface area (TPSA) is 42.0 Å². The van der Waals surface area contributed by atoms with Gasteiger partial charge in [0.1, 0.15) is 0 Å². The molecule has 2 rings (SSSR count). The molecule has 0 saturated heterocycles. The molecule has 0 unspecified atom stereocenters. The minimum atomic E-state index is -0.113. The number of carbonyl (C=O) groups is 1. The van der Waals surface area contributed by atoms with Gasteiger partial charge in [-0.2, -0.15) is 0 Å². The molecule has 0 radical (unpaired) electrons. The number of pyridine rings is 1. The zero-order chi connectivity index (χ0) is 12.3. The molecule has 0 atom stereocenters. The number of anilines is 1. The van der Waals surface area contributed by atoms with E-state index in [-0.39, 0.29) is 5.91 Å². The number of amides is 1. The molecular formula is C13H11IN2O. The van der Waals surface area contributed by atoms with Crippen LogP contribution in [0.2, 0.25) is 0 Å². The van der Waals surface area contributed by atoms with Gasteiger partial charge in [0.2, 0.25) is 0 Å². The van der Waals surface area contributed by atoms with Crippen molar-refractivity contribution >= 4 is 34.2 Å². The van der Waals surface area contributed by atoms with Crippen molar-refractivity contribution in [2.24, 2.45) is 0 Å². The Morgan fingerprint density at radius 1 is 1.24 bits per heavy atom. The number of benzene rings is 1. The fourth-order valence-corrected chi connectivity index (χ4v) is 1.75. The predicted octanol–water partition coefficient (Wildman–Crippen LogP) is 3.25. The molecule has 0 aliphatic rings. The van der Waals surface area contributed by atoms with Crippen molar-refractivity contribution in [3.05, 3.63) is 57.4 Å². The van der Waals surface area contributed by atoms with E-state index in [0.717, 1.165) is 14.8 Å². The Morgan fingerprint density at radius 3 is 2.59 bits per heavy atom. The van der Waals surface area contributed by atoms with Crippen LogP contribution >= 0.6 is 22.6 Å². The summed E-state index contributed by atoms with van der Waals surface area (Å²) in [6.07, 6.45) is 3.36. The Labute approximate surface area is 113 Å². The summed E-state index contributed by atoms with van der Waals surface area (Å²) >= 11 is 2.21. The molecule has 0 bridgehead atoms. The molecule has 1 N–H and O–H groups in total. The molecule has 0 saturated carbocycles. The van der Waals surface area contributed by atoms with Gasteiger partial charge in [-0.05, 0) is 65.4 Å². The van der Waals surface area contributed by atoms with E-state index in [4.69, 9.17) is 0 Å². The summed E-state index contributed by atoms with van der Waals surface area (Å²) in [5, 5.41) is 2.84. The Kier molecular flexibility index (Phi) is 3.73. The highest BCUT2D eigenvalue weighted by atomic mass is 127. The van der Waals surface area contributed by atoms with Crippen LogP contribution in [0.5, 0.6) is 0 Å². The SMILES string of the molecule is Cc1ccncc1NC(=O)c1ccc(I)cc1. The van der Waals surface area contributed by atoms with Crippen molar-refractivity contribution in [3.63, 3.8) is 0 Å². The van der Waals surface area contributed by atoms with Crippen molar-refractivity contribution in [1.82, 2.24) is 4.98 Å². The van der Waals surface area contributed by atoms with Gasteiger partial charge in [-0.1, -0.05) is 0 Å². The molecule has 86 valence electrons. The van der Waals surface area contributed by atoms with Gasteiger partial charge in [0.25, 0.3) is 5.91 Å². The molecule has 0 spiro atoms. The molecule has 1 aromatic carbocycles. The van der Waals surface area contributed by atoms with Crippen LogP contribution in [0.15, 0.2) is 42.7 Å². The van der Waals surface area contributed by atoms with E-state index in [1.165, 1.54) is 0 Å². The summed E-state index contributed by atoms with van der Waals surface area (Å²) in [7, 11) is 0. The lowest BCUT2D eigenvalue weighted by Gasteiger charge is -2.07. The third kappa shape index (κ3) is 3.03. The molecule has 17 heavy (non-hydrogen) atoms. The van der Waals surface area contributed by atoms with Gasteiger partial charge in [0.15, 0.2) is 0 Å². The molecular weight excluding hydrogens is 327 g/mol. The number of nitrogens with zero attached hydrogens (tertiary/aromatic N) is 1. The first-order valence-corrected chi connectivity index (χ1v) is 6.22. The lowest BCUT2D eigenvalue weighted by Crippen LogP contribution is -2.12. The summed E-state index contributed by atoms with van der Waals surface area (Å²) in [6.45, 7) is 1.94. The smallest absolute Gasteiger partial charge is 0.255 e. The van der Waals surface area contributed by atoms with E-state index in [2.05, 4.69) is 32.9 Å². The largest absolute Gasteiger partial charge is 0.320 e. The molecule has 0 fully saturated rings. The van der Waals surface area contributed by atoms with E-state index in [1.807, 2.05) is 37.3 Å². The first kappa shape index (κ1) is 12.0. The van der Waals surface area contributed by atoms with Gasteiger partial charge in [-0.25, -0.2) is 0 Å². The van der Waals surface area contributed by atoms with Crippen LogP contribution in [0.1, 0.15) is 15.9 Å². The second kappa shape index (κ2) is 5.27. The fraction of sp³-hybridized carbons (Fsp3) is 0.0769. The minimum Gasteiger partial charge on any atom is -0.320 e. The maximum Gasteiger partial charge on any atom is 0.255 e. The average molecular weight is 338 g/mol. The Bertz CT molecular complexity index is 537. The van der Waals surface area contributed by atoms with Crippen LogP contribution < -0.4 is 5.32 Å². The highest BCUT2D eigenvalue weighted by Crippen LogP contribution is 2.14. The third-order valence-electron chi connectivity index (χ3n) is 2.39. The second-order valence-corrected chi connectivity index (χ2v) is 4.90. The van der Waals surface area contributed by atoms with Crippen LogP contribution in [-0.2, 0) is 0 Å². The quantitative estimate of drug-likeness (QED) is 0.854. The number of aromatic nitrogens is 1. The lowest BCUT2D eigenvalue weighted by atomic mass is 10.2. The van der Waals surface area contributed by atoms with Crippen molar-refractivity contribution in [2.75, 3.05) is 5.32 Å². The van der Waals surface area contributed by atoms with Crippen LogP contribution in [0.3, 0.4) is 0 Å². The van der Waals surface area contributed by atoms with Gasteiger partial charge in [0, 0.05) is 15.3 Å². The Hall–Kier alpha value is -1.43. The monoisotopic (exact) mass is 338 g/mol. The van der Waals surface area contributed by atoms with Crippen LogP contribution in [0, 0.1) is 10.5 Å². The van der Waals surface area contributed by atoms with E-state index in [9.17, 15) is 4.79 Å². The average Bonchev–Trinajstić information content (AvgIpc) is 2.33. The van der Waals surface area contributed by atoms with Crippen LogP contribution in [-0.4, -0.2) is 10.9 Å². The van der Waals surface area contributed by atoms with Crippen molar-refractivity contribution in [3.8, 4) is 0 Å². The fourth-order valence-electron chi connectivity index (χ4n) is 1.39. The van der Waals surface area contributed by atoms with Crippen molar-refractivity contribution in [2.45, 2.75) is 6.92 Å². The number of halogens is 1. The summed E-state index contributed by atoms with van der Waals surface area (Å²) in [4.78, 5) is 15.9. The lowest BCUT2D eigenvalue weighted by molar-refractivity contribution is 0.102. The number of carbonyl (C=O) groups excluding carboxylic acids is 1. The number of nitrogens with one attached hydrogen (secondary N) is 1. The maximum atomic E-state index is 11.9.